The third-order valence-corrected chi connectivity index (χ3v) is 3.18. The molecule has 1 N–H and O–H groups in total. The topological polar surface area (TPSA) is 57.6 Å². The van der Waals surface area contributed by atoms with E-state index < -0.39 is 17.3 Å². The van der Waals surface area contributed by atoms with E-state index in [4.69, 9.17) is 0 Å². The van der Waals surface area contributed by atoms with Crippen LogP contribution in [0.3, 0.4) is 0 Å². The highest BCUT2D eigenvalue weighted by molar-refractivity contribution is 5.81. The van der Waals surface area contributed by atoms with Crippen molar-refractivity contribution in [3.8, 4) is 0 Å². The van der Waals surface area contributed by atoms with Crippen LogP contribution in [0.4, 0.5) is 4.39 Å². The second-order valence-electron chi connectivity index (χ2n) is 4.65. The highest BCUT2D eigenvalue weighted by Crippen LogP contribution is 2.22. The van der Waals surface area contributed by atoms with E-state index in [-0.39, 0.29) is 12.0 Å². The minimum Gasteiger partial charge on any atom is -0.479 e. The summed E-state index contributed by atoms with van der Waals surface area (Å²) >= 11 is 0. The Kier molecular flexibility index (Phi) is 5.03. The molecular weight excluding hydrogens is 249 g/mol. The van der Waals surface area contributed by atoms with Crippen molar-refractivity contribution >= 4 is 12.4 Å². The summed E-state index contributed by atoms with van der Waals surface area (Å²) < 4.78 is 13.6. The normalized spacial score (nSPS) is 13.6. The molecule has 0 fully saturated rings. The number of benzene rings is 1. The lowest BCUT2D eigenvalue weighted by molar-refractivity contribution is -0.154. The Morgan fingerprint density at radius 1 is 1.47 bits per heavy atom. The third-order valence-electron chi connectivity index (χ3n) is 3.18. The van der Waals surface area contributed by atoms with Crippen molar-refractivity contribution in [2.24, 2.45) is 0 Å². The molecular formula is C14H18FNO3. The maximum absolute atomic E-state index is 13.6. The van der Waals surface area contributed by atoms with E-state index in [0.29, 0.717) is 19.4 Å². The molecule has 1 amide bonds. The summed E-state index contributed by atoms with van der Waals surface area (Å²) in [5, 5.41) is 9.39. The largest absolute Gasteiger partial charge is 0.479 e. The molecule has 1 atom stereocenters. The summed E-state index contributed by atoms with van der Waals surface area (Å²) in [7, 11) is 0. The Bertz CT molecular complexity index is 464. The molecule has 1 aromatic rings. The third kappa shape index (κ3) is 3.30. The first-order chi connectivity index (χ1) is 8.95. The number of carboxylic acid groups (broad SMARTS) is 1. The van der Waals surface area contributed by atoms with E-state index in [0.717, 1.165) is 0 Å². The van der Waals surface area contributed by atoms with Gasteiger partial charge in [-0.25, -0.2) is 9.18 Å². The fourth-order valence-corrected chi connectivity index (χ4v) is 1.97. The number of amides is 1. The first-order valence-electron chi connectivity index (χ1n) is 6.14. The van der Waals surface area contributed by atoms with Crippen molar-refractivity contribution in [3.05, 3.63) is 35.6 Å². The van der Waals surface area contributed by atoms with Crippen LogP contribution >= 0.6 is 0 Å². The molecule has 104 valence electrons. The van der Waals surface area contributed by atoms with Crippen LogP contribution in [0.2, 0.25) is 0 Å². The molecule has 0 saturated carbocycles. The quantitative estimate of drug-likeness (QED) is 0.769. The van der Waals surface area contributed by atoms with E-state index >= 15 is 0 Å². The molecule has 0 saturated heterocycles. The van der Waals surface area contributed by atoms with Gasteiger partial charge in [-0.2, -0.15) is 0 Å². The van der Waals surface area contributed by atoms with Gasteiger partial charge in [0.25, 0.3) is 0 Å². The van der Waals surface area contributed by atoms with Gasteiger partial charge in [0.2, 0.25) is 6.41 Å². The zero-order valence-electron chi connectivity index (χ0n) is 11.1. The first-order valence-corrected chi connectivity index (χ1v) is 6.14. The van der Waals surface area contributed by atoms with Crippen LogP contribution in [-0.2, 0) is 16.0 Å². The standard InChI is InChI=1S/C14H18FNO3/c1-3-8-16(10-17)14(2,13(18)19)9-11-6-4-5-7-12(11)15/h4-7,10H,3,8-9H2,1-2H3,(H,18,19). The summed E-state index contributed by atoms with van der Waals surface area (Å²) in [6.07, 6.45) is 1.09. The van der Waals surface area contributed by atoms with Crippen molar-refractivity contribution < 1.29 is 19.1 Å². The summed E-state index contributed by atoms with van der Waals surface area (Å²) in [6.45, 7) is 3.61. The number of hydrogen-bond donors (Lipinski definition) is 1. The number of carbonyl (C=O) groups excluding carboxylic acids is 1. The van der Waals surface area contributed by atoms with Gasteiger partial charge in [0.05, 0.1) is 0 Å². The van der Waals surface area contributed by atoms with Gasteiger partial charge in [0.1, 0.15) is 11.4 Å². The highest BCUT2D eigenvalue weighted by atomic mass is 19.1. The van der Waals surface area contributed by atoms with E-state index in [1.165, 1.54) is 24.0 Å². The number of hydrogen-bond acceptors (Lipinski definition) is 2. The molecule has 1 aromatic carbocycles. The number of aliphatic carboxylic acids is 1. The molecule has 0 heterocycles. The maximum Gasteiger partial charge on any atom is 0.329 e. The van der Waals surface area contributed by atoms with Crippen LogP contribution < -0.4 is 0 Å². The second kappa shape index (κ2) is 6.31. The second-order valence-corrected chi connectivity index (χ2v) is 4.65. The SMILES string of the molecule is CCCN(C=O)C(C)(Cc1ccccc1F)C(=O)O. The van der Waals surface area contributed by atoms with E-state index in [1.807, 2.05) is 6.92 Å². The molecule has 1 unspecified atom stereocenters. The molecule has 0 radical (unpaired) electrons. The molecule has 5 heteroatoms. The van der Waals surface area contributed by atoms with Crippen LogP contribution in [0.15, 0.2) is 24.3 Å². The van der Waals surface area contributed by atoms with Gasteiger partial charge in [-0.05, 0) is 25.0 Å². The Balaban J connectivity index is 3.10. The zero-order chi connectivity index (χ0) is 14.5. The lowest BCUT2D eigenvalue weighted by Gasteiger charge is -2.35. The summed E-state index contributed by atoms with van der Waals surface area (Å²) in [4.78, 5) is 23.8. The van der Waals surface area contributed by atoms with Crippen LogP contribution in [-0.4, -0.2) is 34.5 Å². The Labute approximate surface area is 111 Å². The van der Waals surface area contributed by atoms with Crippen molar-refractivity contribution in [2.75, 3.05) is 6.54 Å². The molecule has 1 rings (SSSR count). The van der Waals surface area contributed by atoms with E-state index in [9.17, 15) is 19.1 Å². The van der Waals surface area contributed by atoms with E-state index in [1.54, 1.807) is 12.1 Å². The lowest BCUT2D eigenvalue weighted by Crippen LogP contribution is -2.53. The Morgan fingerprint density at radius 3 is 2.58 bits per heavy atom. The van der Waals surface area contributed by atoms with Crippen LogP contribution in [0.1, 0.15) is 25.8 Å². The molecule has 4 nitrogen and oxygen atoms in total. The van der Waals surface area contributed by atoms with Crippen LogP contribution in [0.25, 0.3) is 0 Å². The predicted molar refractivity (Wildman–Crippen MR) is 69.2 cm³/mol. The molecule has 0 bridgehead atoms. The monoisotopic (exact) mass is 267 g/mol. The number of rotatable bonds is 7. The van der Waals surface area contributed by atoms with Gasteiger partial charge in [-0.15, -0.1) is 0 Å². The van der Waals surface area contributed by atoms with Gasteiger partial charge < -0.3 is 10.0 Å². The lowest BCUT2D eigenvalue weighted by atomic mass is 9.90. The van der Waals surface area contributed by atoms with Gasteiger partial charge in [-0.1, -0.05) is 25.1 Å². The Hall–Kier alpha value is -1.91. The minimum absolute atomic E-state index is 0.0618. The average molecular weight is 267 g/mol. The molecule has 0 aliphatic heterocycles. The molecule has 0 aliphatic carbocycles. The van der Waals surface area contributed by atoms with Crippen molar-refractivity contribution in [1.82, 2.24) is 4.90 Å². The summed E-state index contributed by atoms with van der Waals surface area (Å²) in [6, 6.07) is 6.00. The van der Waals surface area contributed by atoms with Crippen LogP contribution in [0, 0.1) is 5.82 Å². The molecule has 0 aromatic heterocycles. The Morgan fingerprint density at radius 2 is 2.11 bits per heavy atom. The van der Waals surface area contributed by atoms with Gasteiger partial charge >= 0.3 is 5.97 Å². The predicted octanol–water partition coefficient (Wildman–Crippen LogP) is 2.08. The number of halogens is 1. The molecule has 0 aliphatic rings. The number of carbonyl (C=O) groups is 2. The summed E-state index contributed by atoms with van der Waals surface area (Å²) in [5.74, 6) is -1.60. The minimum atomic E-state index is -1.44. The van der Waals surface area contributed by atoms with Gasteiger partial charge in [-0.3, -0.25) is 4.79 Å². The molecule has 0 spiro atoms. The number of carboxylic acids is 1. The van der Waals surface area contributed by atoms with Gasteiger partial charge in [0.15, 0.2) is 0 Å². The summed E-state index contributed by atoms with van der Waals surface area (Å²) in [5.41, 5.74) is -1.16. The average Bonchev–Trinajstić information content (AvgIpc) is 2.38. The fraction of sp³-hybridized carbons (Fsp3) is 0.429. The maximum atomic E-state index is 13.6. The van der Waals surface area contributed by atoms with Crippen molar-refractivity contribution in [2.45, 2.75) is 32.2 Å². The highest BCUT2D eigenvalue weighted by Gasteiger charge is 2.39. The van der Waals surface area contributed by atoms with E-state index in [2.05, 4.69) is 0 Å². The number of nitrogens with zero attached hydrogens (tertiary/aromatic N) is 1. The van der Waals surface area contributed by atoms with Gasteiger partial charge in [0, 0.05) is 13.0 Å². The first kappa shape index (κ1) is 15.1. The smallest absolute Gasteiger partial charge is 0.329 e. The van der Waals surface area contributed by atoms with Crippen molar-refractivity contribution in [1.29, 1.82) is 0 Å². The zero-order valence-corrected chi connectivity index (χ0v) is 11.1. The van der Waals surface area contributed by atoms with Crippen LogP contribution in [0.5, 0.6) is 0 Å². The molecule has 19 heavy (non-hydrogen) atoms. The van der Waals surface area contributed by atoms with Crippen molar-refractivity contribution in [3.63, 3.8) is 0 Å². The fourth-order valence-electron chi connectivity index (χ4n) is 1.97.